The second-order valence-corrected chi connectivity index (χ2v) is 5.55. The second kappa shape index (κ2) is 5.24. The van der Waals surface area contributed by atoms with Crippen LogP contribution in [0.4, 0.5) is 11.4 Å². The number of hydrogen-bond acceptors (Lipinski definition) is 4. The van der Waals surface area contributed by atoms with E-state index in [-0.39, 0.29) is 5.69 Å². The van der Waals surface area contributed by atoms with Crippen LogP contribution in [-0.4, -0.2) is 10.5 Å². The summed E-state index contributed by atoms with van der Waals surface area (Å²) in [7, 11) is 0. The first-order valence-corrected chi connectivity index (χ1v) is 6.81. The average Bonchev–Trinajstić information content (AvgIpc) is 2.62. The molecule has 0 radical (unpaired) electrons. The number of allylic oxidation sites excluding steroid dienone is 2. The van der Waals surface area contributed by atoms with E-state index in [2.05, 4.69) is 37.9 Å². The Balaban J connectivity index is 2.31. The third-order valence-electron chi connectivity index (χ3n) is 4.57. The third-order valence-corrected chi connectivity index (χ3v) is 4.57. The molecule has 5 nitrogen and oxygen atoms in total. The average molecular weight is 285 g/mol. The fraction of sp³-hybridized carbons (Fsp3) is 0.375. The molecule has 0 heterocycles. The van der Waals surface area contributed by atoms with Gasteiger partial charge < -0.3 is 0 Å². The predicted molar refractivity (Wildman–Crippen MR) is 82.8 cm³/mol. The van der Waals surface area contributed by atoms with Crippen LogP contribution in [-0.2, 0) is 0 Å². The Morgan fingerprint density at radius 2 is 1.48 bits per heavy atom. The van der Waals surface area contributed by atoms with Crippen LogP contribution < -0.4 is 0 Å². The highest BCUT2D eigenvalue weighted by Crippen LogP contribution is 2.43. The molecule has 0 saturated carbocycles. The maximum Gasteiger partial charge on any atom is 0.269 e. The van der Waals surface area contributed by atoms with Crippen LogP contribution >= 0.6 is 0 Å². The van der Waals surface area contributed by atoms with Crippen molar-refractivity contribution in [1.82, 2.24) is 0 Å². The Bertz CT molecular complexity index is 658. The van der Waals surface area contributed by atoms with Gasteiger partial charge in [-0.3, -0.25) is 10.1 Å². The maximum absolute atomic E-state index is 10.6. The minimum absolute atomic E-state index is 0.0554. The smallest absolute Gasteiger partial charge is 0.258 e. The van der Waals surface area contributed by atoms with Gasteiger partial charge in [-0.15, -0.1) is 0 Å². The molecule has 0 atom stereocenters. The summed E-state index contributed by atoms with van der Waals surface area (Å²) >= 11 is 0. The maximum atomic E-state index is 10.6. The van der Waals surface area contributed by atoms with E-state index in [4.69, 9.17) is 0 Å². The molecule has 2 rings (SSSR count). The third kappa shape index (κ3) is 2.51. The molecule has 1 aliphatic carbocycles. The lowest BCUT2D eigenvalue weighted by Crippen LogP contribution is -2.22. The molecular weight excluding hydrogens is 266 g/mol. The van der Waals surface area contributed by atoms with Gasteiger partial charge in [0.25, 0.3) is 5.69 Å². The minimum atomic E-state index is -0.425. The number of nitro groups is 1. The molecule has 21 heavy (non-hydrogen) atoms. The zero-order valence-corrected chi connectivity index (χ0v) is 13.0. The SMILES string of the molecule is CC1=C(C)C(C)(N=Nc2ccc([N+](=O)[O-])cc2)C(C)=C1C. The first kappa shape index (κ1) is 15.1. The molecule has 0 aliphatic heterocycles. The molecule has 0 fully saturated rings. The van der Waals surface area contributed by atoms with Crippen molar-refractivity contribution in [2.75, 3.05) is 0 Å². The van der Waals surface area contributed by atoms with Crippen molar-refractivity contribution >= 4 is 11.4 Å². The van der Waals surface area contributed by atoms with Crippen LogP contribution in [0.1, 0.15) is 34.6 Å². The first-order valence-electron chi connectivity index (χ1n) is 6.81. The molecule has 1 aromatic rings. The van der Waals surface area contributed by atoms with Crippen LogP contribution in [0, 0.1) is 10.1 Å². The number of nitro benzene ring substituents is 1. The van der Waals surface area contributed by atoms with E-state index in [0.29, 0.717) is 5.69 Å². The molecular formula is C16H19N3O2. The highest BCUT2D eigenvalue weighted by Gasteiger charge is 2.36. The lowest BCUT2D eigenvalue weighted by molar-refractivity contribution is -0.384. The Morgan fingerprint density at radius 1 is 1.00 bits per heavy atom. The summed E-state index contributed by atoms with van der Waals surface area (Å²) in [6.45, 7) is 10.4. The highest BCUT2D eigenvalue weighted by atomic mass is 16.6. The van der Waals surface area contributed by atoms with E-state index in [1.54, 1.807) is 12.1 Å². The second-order valence-electron chi connectivity index (χ2n) is 5.55. The van der Waals surface area contributed by atoms with Gasteiger partial charge in [0.05, 0.1) is 10.6 Å². The Kier molecular flexibility index (Phi) is 3.77. The summed E-state index contributed by atoms with van der Waals surface area (Å²) in [6, 6.07) is 6.09. The van der Waals surface area contributed by atoms with E-state index in [0.717, 1.165) is 0 Å². The summed E-state index contributed by atoms with van der Waals surface area (Å²) < 4.78 is 0. The van der Waals surface area contributed by atoms with E-state index in [1.165, 1.54) is 34.4 Å². The fourth-order valence-electron chi connectivity index (χ4n) is 2.52. The molecule has 1 aromatic carbocycles. The topological polar surface area (TPSA) is 67.9 Å². The van der Waals surface area contributed by atoms with Crippen molar-refractivity contribution in [2.24, 2.45) is 10.2 Å². The highest BCUT2D eigenvalue weighted by molar-refractivity contribution is 5.54. The summed E-state index contributed by atoms with van der Waals surface area (Å²) in [5, 5.41) is 19.4. The van der Waals surface area contributed by atoms with Crippen molar-refractivity contribution < 1.29 is 4.92 Å². The summed E-state index contributed by atoms with van der Waals surface area (Å²) in [6.07, 6.45) is 0. The molecule has 0 saturated heterocycles. The van der Waals surface area contributed by atoms with Crippen molar-refractivity contribution in [1.29, 1.82) is 0 Å². The molecule has 0 amide bonds. The number of azo groups is 1. The van der Waals surface area contributed by atoms with Crippen LogP contribution in [0.15, 0.2) is 56.8 Å². The number of benzene rings is 1. The van der Waals surface area contributed by atoms with Gasteiger partial charge in [0, 0.05) is 12.1 Å². The van der Waals surface area contributed by atoms with E-state index >= 15 is 0 Å². The number of hydrogen-bond donors (Lipinski definition) is 0. The van der Waals surface area contributed by atoms with Crippen LogP contribution in [0.25, 0.3) is 0 Å². The summed E-state index contributed by atoms with van der Waals surface area (Å²) in [5.41, 5.74) is 5.17. The van der Waals surface area contributed by atoms with Gasteiger partial charge >= 0.3 is 0 Å². The number of nitrogens with zero attached hydrogens (tertiary/aromatic N) is 3. The van der Waals surface area contributed by atoms with Crippen molar-refractivity contribution in [2.45, 2.75) is 40.2 Å². The molecule has 110 valence electrons. The summed E-state index contributed by atoms with van der Waals surface area (Å²) in [4.78, 5) is 10.2. The fourth-order valence-corrected chi connectivity index (χ4v) is 2.52. The predicted octanol–water partition coefficient (Wildman–Crippen LogP) is 5.12. The zero-order valence-electron chi connectivity index (χ0n) is 13.0. The van der Waals surface area contributed by atoms with Crippen LogP contribution in [0.3, 0.4) is 0 Å². The zero-order chi connectivity index (χ0) is 15.8. The lowest BCUT2D eigenvalue weighted by Gasteiger charge is -2.22. The van der Waals surface area contributed by atoms with Crippen LogP contribution in [0.2, 0.25) is 0 Å². The van der Waals surface area contributed by atoms with Crippen molar-refractivity contribution in [3.63, 3.8) is 0 Å². The standard InChI is InChI=1S/C16H19N3O2/c1-10-11(2)13(4)16(5,12(10)3)18-17-14-6-8-15(9-7-14)19(20)21/h6-9H,1-5H3. The van der Waals surface area contributed by atoms with Crippen molar-refractivity contribution in [3.05, 3.63) is 56.7 Å². The molecule has 5 heteroatoms. The van der Waals surface area contributed by atoms with E-state index in [9.17, 15) is 10.1 Å². The van der Waals surface area contributed by atoms with Gasteiger partial charge in [-0.25, -0.2) is 0 Å². The van der Waals surface area contributed by atoms with Gasteiger partial charge in [-0.1, -0.05) is 0 Å². The van der Waals surface area contributed by atoms with E-state index in [1.807, 2.05) is 6.92 Å². The molecule has 0 bridgehead atoms. The molecule has 0 spiro atoms. The number of rotatable bonds is 3. The van der Waals surface area contributed by atoms with Gasteiger partial charge in [0.2, 0.25) is 0 Å². The Morgan fingerprint density at radius 3 is 1.90 bits per heavy atom. The quantitative estimate of drug-likeness (QED) is 0.439. The van der Waals surface area contributed by atoms with Gasteiger partial charge in [0.1, 0.15) is 5.54 Å². The first-order chi connectivity index (χ1) is 9.77. The molecule has 0 aromatic heterocycles. The molecule has 0 N–H and O–H groups in total. The monoisotopic (exact) mass is 285 g/mol. The Labute approximate surface area is 124 Å². The van der Waals surface area contributed by atoms with Gasteiger partial charge in [-0.2, -0.15) is 10.2 Å². The van der Waals surface area contributed by atoms with Crippen molar-refractivity contribution in [3.8, 4) is 0 Å². The number of non-ortho nitro benzene ring substituents is 1. The normalized spacial score (nSPS) is 18.0. The van der Waals surface area contributed by atoms with Gasteiger partial charge in [0.15, 0.2) is 0 Å². The summed E-state index contributed by atoms with van der Waals surface area (Å²) in [5.74, 6) is 0. The van der Waals surface area contributed by atoms with E-state index < -0.39 is 10.5 Å². The molecule has 1 aliphatic rings. The minimum Gasteiger partial charge on any atom is -0.258 e. The van der Waals surface area contributed by atoms with Gasteiger partial charge in [-0.05, 0) is 69.0 Å². The Hall–Kier alpha value is -2.30. The largest absolute Gasteiger partial charge is 0.269 e. The molecule has 0 unspecified atom stereocenters. The lowest BCUT2D eigenvalue weighted by atomic mass is 9.90. The van der Waals surface area contributed by atoms with Crippen LogP contribution in [0.5, 0.6) is 0 Å².